The molecule has 0 unspecified atom stereocenters. The van der Waals surface area contributed by atoms with E-state index in [0.717, 1.165) is 30.9 Å². The largest absolute Gasteiger partial charge is 0.372 e. The average molecular weight is 314 g/mol. The molecular formula is C18H26N4O. The fraction of sp³-hybridized carbons (Fsp3) is 0.444. The summed E-state index contributed by atoms with van der Waals surface area (Å²) in [6.07, 6.45) is 0.910. The molecule has 0 radical (unpaired) electrons. The molecule has 0 saturated carbocycles. The van der Waals surface area contributed by atoms with Gasteiger partial charge in [0, 0.05) is 38.1 Å². The Kier molecular flexibility index (Phi) is 5.79. The Morgan fingerprint density at radius 2 is 1.96 bits per heavy atom. The number of para-hydroxylation sites is 1. The van der Waals surface area contributed by atoms with E-state index < -0.39 is 0 Å². The van der Waals surface area contributed by atoms with E-state index in [1.807, 2.05) is 39.1 Å². The van der Waals surface area contributed by atoms with E-state index in [2.05, 4.69) is 34.4 Å². The van der Waals surface area contributed by atoms with Gasteiger partial charge in [-0.3, -0.25) is 9.48 Å². The second-order valence-electron chi connectivity index (χ2n) is 5.69. The van der Waals surface area contributed by atoms with Crippen molar-refractivity contribution in [3.8, 4) is 0 Å². The lowest BCUT2D eigenvalue weighted by Gasteiger charge is -2.23. The van der Waals surface area contributed by atoms with Crippen molar-refractivity contribution in [1.82, 2.24) is 15.1 Å². The molecule has 2 aromatic rings. The van der Waals surface area contributed by atoms with Crippen LogP contribution in [-0.2, 0) is 7.05 Å². The molecule has 5 nitrogen and oxygen atoms in total. The second-order valence-corrected chi connectivity index (χ2v) is 5.69. The highest BCUT2D eigenvalue weighted by Gasteiger charge is 2.16. The number of carbonyl (C=O) groups is 1. The van der Waals surface area contributed by atoms with Crippen molar-refractivity contribution >= 4 is 11.6 Å². The van der Waals surface area contributed by atoms with Crippen LogP contribution < -0.4 is 10.2 Å². The van der Waals surface area contributed by atoms with Gasteiger partial charge in [-0.2, -0.15) is 5.10 Å². The number of benzene rings is 1. The number of amides is 1. The van der Waals surface area contributed by atoms with E-state index in [1.165, 1.54) is 5.69 Å². The molecule has 2 rings (SSSR count). The van der Waals surface area contributed by atoms with Crippen LogP contribution in [0, 0.1) is 13.8 Å². The highest BCUT2D eigenvalue weighted by Crippen LogP contribution is 2.13. The van der Waals surface area contributed by atoms with E-state index in [-0.39, 0.29) is 5.91 Å². The topological polar surface area (TPSA) is 50.2 Å². The van der Waals surface area contributed by atoms with Gasteiger partial charge in [0.05, 0.1) is 11.3 Å². The van der Waals surface area contributed by atoms with Gasteiger partial charge >= 0.3 is 0 Å². The third-order valence-corrected chi connectivity index (χ3v) is 4.13. The molecule has 0 aliphatic carbocycles. The van der Waals surface area contributed by atoms with Crippen LogP contribution in [0.15, 0.2) is 30.3 Å². The minimum Gasteiger partial charge on any atom is -0.372 e. The van der Waals surface area contributed by atoms with Crippen LogP contribution in [0.2, 0.25) is 0 Å². The van der Waals surface area contributed by atoms with Gasteiger partial charge in [0.25, 0.3) is 5.91 Å². The predicted molar refractivity (Wildman–Crippen MR) is 94.0 cm³/mol. The van der Waals surface area contributed by atoms with Gasteiger partial charge in [0.1, 0.15) is 0 Å². The quantitative estimate of drug-likeness (QED) is 0.799. The molecule has 1 heterocycles. The van der Waals surface area contributed by atoms with Gasteiger partial charge < -0.3 is 10.2 Å². The predicted octanol–water partition coefficient (Wildman–Crippen LogP) is 2.68. The summed E-state index contributed by atoms with van der Waals surface area (Å²) in [7, 11) is 1.86. The highest BCUT2D eigenvalue weighted by molar-refractivity contribution is 5.96. The standard InChI is InChI=1S/C18H26N4O/c1-5-22(16-10-7-6-8-11-16)13-9-12-19-18(23)17-14(2)20-21(4)15(17)3/h6-8,10-11H,5,9,12-13H2,1-4H3,(H,19,23). The Hall–Kier alpha value is -2.30. The third kappa shape index (κ3) is 4.12. The molecule has 0 aliphatic heterocycles. The molecule has 0 bridgehead atoms. The first-order chi connectivity index (χ1) is 11.0. The molecule has 0 saturated heterocycles. The summed E-state index contributed by atoms with van der Waals surface area (Å²) in [6.45, 7) is 8.48. The number of carbonyl (C=O) groups excluding carboxylic acids is 1. The molecule has 1 aromatic carbocycles. The smallest absolute Gasteiger partial charge is 0.255 e. The van der Waals surface area contributed by atoms with E-state index in [0.29, 0.717) is 12.1 Å². The number of rotatable bonds is 7. The maximum atomic E-state index is 12.3. The van der Waals surface area contributed by atoms with Crippen molar-refractivity contribution in [3.63, 3.8) is 0 Å². The summed E-state index contributed by atoms with van der Waals surface area (Å²) in [6, 6.07) is 10.4. The Labute approximate surface area is 138 Å². The van der Waals surface area contributed by atoms with Crippen molar-refractivity contribution in [3.05, 3.63) is 47.3 Å². The molecule has 1 amide bonds. The molecule has 1 N–H and O–H groups in total. The van der Waals surface area contributed by atoms with Gasteiger partial charge in [0.2, 0.25) is 0 Å². The van der Waals surface area contributed by atoms with E-state index in [4.69, 9.17) is 0 Å². The average Bonchev–Trinajstić information content (AvgIpc) is 2.81. The third-order valence-electron chi connectivity index (χ3n) is 4.13. The number of hydrogen-bond donors (Lipinski definition) is 1. The van der Waals surface area contributed by atoms with E-state index in [1.54, 1.807) is 4.68 Å². The lowest BCUT2D eigenvalue weighted by molar-refractivity contribution is 0.0952. The fourth-order valence-electron chi connectivity index (χ4n) is 2.77. The molecule has 0 fully saturated rings. The number of hydrogen-bond acceptors (Lipinski definition) is 3. The highest BCUT2D eigenvalue weighted by atomic mass is 16.1. The van der Waals surface area contributed by atoms with Crippen LogP contribution in [-0.4, -0.2) is 35.3 Å². The monoisotopic (exact) mass is 314 g/mol. The second kappa shape index (κ2) is 7.81. The molecule has 0 spiro atoms. The maximum Gasteiger partial charge on any atom is 0.255 e. The number of nitrogens with one attached hydrogen (secondary N) is 1. The van der Waals surface area contributed by atoms with Crippen molar-refractivity contribution in [2.24, 2.45) is 7.05 Å². The maximum absolute atomic E-state index is 12.3. The molecule has 5 heteroatoms. The number of nitrogens with zero attached hydrogens (tertiary/aromatic N) is 3. The van der Waals surface area contributed by atoms with E-state index in [9.17, 15) is 4.79 Å². The Morgan fingerprint density at radius 3 is 2.52 bits per heavy atom. The summed E-state index contributed by atoms with van der Waals surface area (Å²) in [5.41, 5.74) is 3.60. The zero-order valence-corrected chi connectivity index (χ0v) is 14.5. The van der Waals surface area contributed by atoms with Crippen LogP contribution >= 0.6 is 0 Å². The summed E-state index contributed by atoms with van der Waals surface area (Å²) < 4.78 is 1.75. The van der Waals surface area contributed by atoms with Gasteiger partial charge in [-0.05, 0) is 39.3 Å². The number of anilines is 1. The SMILES string of the molecule is CCN(CCCNC(=O)c1c(C)nn(C)c1C)c1ccccc1. The van der Waals surface area contributed by atoms with Gasteiger partial charge in [-0.1, -0.05) is 18.2 Å². The Bertz CT molecular complexity index is 649. The molecular weight excluding hydrogens is 288 g/mol. The van der Waals surface area contributed by atoms with Crippen LogP contribution in [0.1, 0.15) is 35.1 Å². The van der Waals surface area contributed by atoms with Gasteiger partial charge in [-0.15, -0.1) is 0 Å². The van der Waals surface area contributed by atoms with Crippen molar-refractivity contribution < 1.29 is 4.79 Å². The van der Waals surface area contributed by atoms with E-state index >= 15 is 0 Å². The summed E-state index contributed by atoms with van der Waals surface area (Å²) in [5.74, 6) is -0.0316. The lowest BCUT2D eigenvalue weighted by atomic mass is 10.2. The number of aryl methyl sites for hydroxylation is 2. The molecule has 124 valence electrons. The first-order valence-electron chi connectivity index (χ1n) is 8.13. The van der Waals surface area contributed by atoms with Gasteiger partial charge in [-0.25, -0.2) is 0 Å². The first kappa shape index (κ1) is 17.1. The Balaban J connectivity index is 1.84. The van der Waals surface area contributed by atoms with Crippen LogP contribution in [0.3, 0.4) is 0 Å². The molecule has 0 aliphatic rings. The Morgan fingerprint density at radius 1 is 1.26 bits per heavy atom. The molecule has 1 aromatic heterocycles. The van der Waals surface area contributed by atoms with Crippen molar-refractivity contribution in [2.45, 2.75) is 27.2 Å². The summed E-state index contributed by atoms with van der Waals surface area (Å²) in [4.78, 5) is 14.6. The van der Waals surface area contributed by atoms with Crippen LogP contribution in [0.4, 0.5) is 5.69 Å². The zero-order chi connectivity index (χ0) is 16.8. The summed E-state index contributed by atoms with van der Waals surface area (Å²) in [5, 5.41) is 7.29. The van der Waals surface area contributed by atoms with Crippen molar-refractivity contribution in [1.29, 1.82) is 0 Å². The van der Waals surface area contributed by atoms with Gasteiger partial charge in [0.15, 0.2) is 0 Å². The number of aromatic nitrogens is 2. The fourth-order valence-corrected chi connectivity index (χ4v) is 2.77. The molecule has 0 atom stereocenters. The molecule has 23 heavy (non-hydrogen) atoms. The lowest BCUT2D eigenvalue weighted by Crippen LogP contribution is -2.30. The zero-order valence-electron chi connectivity index (χ0n) is 14.5. The minimum absolute atomic E-state index is 0.0316. The first-order valence-corrected chi connectivity index (χ1v) is 8.13. The summed E-state index contributed by atoms with van der Waals surface area (Å²) >= 11 is 0. The van der Waals surface area contributed by atoms with Crippen LogP contribution in [0.25, 0.3) is 0 Å². The van der Waals surface area contributed by atoms with Crippen molar-refractivity contribution in [2.75, 3.05) is 24.5 Å². The normalized spacial score (nSPS) is 10.6. The van der Waals surface area contributed by atoms with Crippen LogP contribution in [0.5, 0.6) is 0 Å². The minimum atomic E-state index is -0.0316.